The van der Waals surface area contributed by atoms with Crippen LogP contribution in [0.2, 0.25) is 10.0 Å². The molecule has 0 bridgehead atoms. The summed E-state index contributed by atoms with van der Waals surface area (Å²) in [4.78, 5) is 32.7. The van der Waals surface area contributed by atoms with Crippen LogP contribution in [0.25, 0.3) is 11.0 Å². The summed E-state index contributed by atoms with van der Waals surface area (Å²) < 4.78 is 41.2. The van der Waals surface area contributed by atoms with Crippen LogP contribution < -0.4 is 20.9 Å². The first-order valence-electron chi connectivity index (χ1n) is 14.8. The van der Waals surface area contributed by atoms with Gasteiger partial charge in [0.15, 0.2) is 0 Å². The topological polar surface area (TPSA) is 91.3 Å². The summed E-state index contributed by atoms with van der Waals surface area (Å²) >= 11 is 13.3. The van der Waals surface area contributed by atoms with Gasteiger partial charge in [-0.2, -0.15) is 13.2 Å². The molecule has 0 unspecified atom stereocenters. The van der Waals surface area contributed by atoms with Gasteiger partial charge < -0.3 is 25.4 Å². The summed E-state index contributed by atoms with van der Waals surface area (Å²) in [5.74, 6) is -1.30. The Bertz CT molecular complexity index is 1570. The van der Waals surface area contributed by atoms with Crippen molar-refractivity contribution in [3.8, 4) is 0 Å². The largest absolute Gasteiger partial charge is 0.391 e. The molecule has 0 atom stereocenters. The molecular formula is C31H37Cl2F3N6O2. The standard InChI is InChI=1S/C31H37Cl2F3N6O2/c1-30(2,3)28(44)37-16-17-6-11-21(32)26(25(17)33)40-29-39-22-14-20(23(42-12-5-13-42)15-24(22)41(29)4)27(43)38-19-9-7-18(8-10-19)31(34,35)36/h6,11,14-15,18-19H,5,7-10,12-13,16H2,1-4H3,(H,37,44)(H,38,43)(H,39,40)/t18-,19-. The van der Waals surface area contributed by atoms with Crippen LogP contribution in [0.3, 0.4) is 0 Å². The van der Waals surface area contributed by atoms with Crippen LogP contribution in [0, 0.1) is 11.3 Å². The Kier molecular flexibility index (Phi) is 9.01. The van der Waals surface area contributed by atoms with Crippen molar-refractivity contribution in [3.05, 3.63) is 45.4 Å². The Morgan fingerprint density at radius 3 is 2.32 bits per heavy atom. The molecule has 238 valence electrons. The third-order valence-corrected chi connectivity index (χ3v) is 9.24. The van der Waals surface area contributed by atoms with E-state index in [1.807, 2.05) is 38.5 Å². The number of aryl methyl sites for hydroxylation is 1. The number of rotatable bonds is 7. The predicted octanol–water partition coefficient (Wildman–Crippen LogP) is 7.35. The van der Waals surface area contributed by atoms with Crippen molar-refractivity contribution in [2.45, 2.75) is 71.6 Å². The fraction of sp³-hybridized carbons (Fsp3) is 0.516. The lowest BCUT2D eigenvalue weighted by Gasteiger charge is -2.35. The minimum atomic E-state index is -4.20. The first-order chi connectivity index (χ1) is 20.6. The zero-order valence-corrected chi connectivity index (χ0v) is 26.7. The number of nitrogens with one attached hydrogen (secondary N) is 3. The Labute approximate surface area is 264 Å². The van der Waals surface area contributed by atoms with E-state index in [1.54, 1.807) is 18.2 Å². The zero-order valence-electron chi connectivity index (χ0n) is 25.2. The molecule has 0 spiro atoms. The highest BCUT2D eigenvalue weighted by molar-refractivity contribution is 6.39. The van der Waals surface area contributed by atoms with E-state index in [4.69, 9.17) is 28.2 Å². The molecule has 1 aromatic heterocycles. The number of aromatic nitrogens is 2. The average Bonchev–Trinajstić information content (AvgIpc) is 3.22. The summed E-state index contributed by atoms with van der Waals surface area (Å²) in [6, 6.07) is 6.79. The second kappa shape index (κ2) is 12.3. The average molecular weight is 654 g/mol. The highest BCUT2D eigenvalue weighted by atomic mass is 35.5. The van der Waals surface area contributed by atoms with Crippen molar-refractivity contribution in [2.24, 2.45) is 18.4 Å². The molecule has 2 aromatic carbocycles. The molecule has 13 heteroatoms. The van der Waals surface area contributed by atoms with Crippen molar-refractivity contribution in [1.82, 2.24) is 20.2 Å². The van der Waals surface area contributed by atoms with Gasteiger partial charge in [0.1, 0.15) is 0 Å². The molecule has 2 fully saturated rings. The lowest BCUT2D eigenvalue weighted by molar-refractivity contribution is -0.182. The number of anilines is 3. The number of alkyl halides is 3. The number of carbonyl (C=O) groups is 2. The number of halogens is 5. The molecule has 3 aromatic rings. The Hall–Kier alpha value is -3.18. The van der Waals surface area contributed by atoms with Crippen LogP contribution >= 0.6 is 23.2 Å². The first-order valence-corrected chi connectivity index (χ1v) is 15.5. The molecule has 1 aliphatic heterocycles. The summed E-state index contributed by atoms with van der Waals surface area (Å²) in [6.45, 7) is 7.31. The highest BCUT2D eigenvalue weighted by Crippen LogP contribution is 2.39. The van der Waals surface area contributed by atoms with E-state index in [0.717, 1.165) is 30.7 Å². The molecule has 1 aliphatic carbocycles. The molecule has 2 heterocycles. The van der Waals surface area contributed by atoms with E-state index < -0.39 is 17.5 Å². The van der Waals surface area contributed by atoms with Crippen LogP contribution in [0.15, 0.2) is 24.3 Å². The van der Waals surface area contributed by atoms with E-state index in [0.29, 0.717) is 38.3 Å². The fourth-order valence-corrected chi connectivity index (χ4v) is 6.10. The summed E-state index contributed by atoms with van der Waals surface area (Å²) in [7, 11) is 1.84. The normalized spacial score (nSPS) is 19.1. The third kappa shape index (κ3) is 6.73. The number of imidazole rings is 1. The Morgan fingerprint density at radius 1 is 1.05 bits per heavy atom. The molecule has 3 N–H and O–H groups in total. The maximum Gasteiger partial charge on any atom is 0.391 e. The third-order valence-electron chi connectivity index (χ3n) is 8.49. The molecule has 44 heavy (non-hydrogen) atoms. The molecule has 1 saturated carbocycles. The van der Waals surface area contributed by atoms with Gasteiger partial charge in [-0.1, -0.05) is 50.0 Å². The summed E-state index contributed by atoms with van der Waals surface area (Å²) in [5.41, 5.74) is 3.09. The Balaban J connectivity index is 1.40. The van der Waals surface area contributed by atoms with Crippen molar-refractivity contribution < 1.29 is 22.8 Å². The number of carbonyl (C=O) groups excluding carboxylic acids is 2. The smallest absolute Gasteiger partial charge is 0.371 e. The maximum atomic E-state index is 13.5. The van der Waals surface area contributed by atoms with E-state index in [9.17, 15) is 22.8 Å². The monoisotopic (exact) mass is 652 g/mol. The molecule has 1 saturated heterocycles. The molecule has 2 aliphatic rings. The summed E-state index contributed by atoms with van der Waals surface area (Å²) in [6.07, 6.45) is -2.60. The van der Waals surface area contributed by atoms with Crippen molar-refractivity contribution in [3.63, 3.8) is 0 Å². The second-order valence-corrected chi connectivity index (χ2v) is 13.5. The van der Waals surface area contributed by atoms with Gasteiger partial charge in [-0.3, -0.25) is 9.59 Å². The first kappa shape index (κ1) is 32.2. The van der Waals surface area contributed by atoms with Gasteiger partial charge in [0.05, 0.1) is 43.9 Å². The number of hydrogen-bond donors (Lipinski definition) is 3. The predicted molar refractivity (Wildman–Crippen MR) is 168 cm³/mol. The number of benzene rings is 2. The SMILES string of the molecule is Cn1c(Nc2c(Cl)ccc(CNC(=O)C(C)(C)C)c2Cl)nc2cc(C(=O)N[C@H]3CC[C@H](C(F)(F)F)CC3)c(N3CCC3)cc21. The number of amides is 2. The molecule has 8 nitrogen and oxygen atoms in total. The van der Waals surface area contributed by atoms with Crippen molar-refractivity contribution >= 4 is 63.4 Å². The molecule has 5 rings (SSSR count). The number of nitrogens with zero attached hydrogens (tertiary/aromatic N) is 3. The minimum Gasteiger partial charge on any atom is -0.371 e. The van der Waals surface area contributed by atoms with Gasteiger partial charge in [-0.15, -0.1) is 0 Å². The van der Waals surface area contributed by atoms with E-state index >= 15 is 0 Å². The zero-order chi connectivity index (χ0) is 32.0. The van der Waals surface area contributed by atoms with Crippen LogP contribution in [-0.4, -0.2) is 46.7 Å². The molecule has 0 radical (unpaired) electrons. The van der Waals surface area contributed by atoms with Gasteiger partial charge in [0, 0.05) is 38.1 Å². The highest BCUT2D eigenvalue weighted by Gasteiger charge is 2.41. The summed E-state index contributed by atoms with van der Waals surface area (Å²) in [5, 5.41) is 9.83. The second-order valence-electron chi connectivity index (χ2n) is 12.7. The number of hydrogen-bond acceptors (Lipinski definition) is 5. The van der Waals surface area contributed by atoms with Gasteiger partial charge in [0.2, 0.25) is 11.9 Å². The maximum absolute atomic E-state index is 13.5. The minimum absolute atomic E-state index is 0.0109. The van der Waals surface area contributed by atoms with Gasteiger partial charge in [-0.05, 0) is 55.9 Å². The van der Waals surface area contributed by atoms with E-state index in [-0.39, 0.29) is 50.1 Å². The van der Waals surface area contributed by atoms with Crippen molar-refractivity contribution in [1.29, 1.82) is 0 Å². The lowest BCUT2D eigenvalue weighted by Crippen LogP contribution is -2.42. The number of fused-ring (bicyclic) bond motifs is 1. The van der Waals surface area contributed by atoms with Crippen molar-refractivity contribution in [2.75, 3.05) is 23.3 Å². The molecular weight excluding hydrogens is 616 g/mol. The Morgan fingerprint density at radius 2 is 1.73 bits per heavy atom. The van der Waals surface area contributed by atoms with Gasteiger partial charge in [0.25, 0.3) is 5.91 Å². The van der Waals surface area contributed by atoms with Crippen LogP contribution in [0.4, 0.5) is 30.5 Å². The van der Waals surface area contributed by atoms with Crippen LogP contribution in [-0.2, 0) is 18.4 Å². The lowest BCUT2D eigenvalue weighted by atomic mass is 9.85. The fourth-order valence-electron chi connectivity index (χ4n) is 5.57. The quantitative estimate of drug-likeness (QED) is 0.248. The molecule has 2 amide bonds. The van der Waals surface area contributed by atoms with Gasteiger partial charge >= 0.3 is 6.18 Å². The van der Waals surface area contributed by atoms with E-state index in [1.165, 1.54) is 0 Å². The van der Waals surface area contributed by atoms with Gasteiger partial charge in [-0.25, -0.2) is 4.98 Å². The van der Waals surface area contributed by atoms with Crippen LogP contribution in [0.1, 0.15) is 68.8 Å². The van der Waals surface area contributed by atoms with E-state index in [2.05, 4.69) is 20.9 Å². The van der Waals surface area contributed by atoms with Crippen LogP contribution in [0.5, 0.6) is 0 Å².